The molecule has 0 unspecified atom stereocenters. The number of aryl methyl sites for hydroxylation is 1. The lowest BCUT2D eigenvalue weighted by Gasteiger charge is -2.35. The van der Waals surface area contributed by atoms with E-state index >= 15 is 0 Å². The molecule has 1 saturated heterocycles. The molecule has 1 fully saturated rings. The van der Waals surface area contributed by atoms with Gasteiger partial charge in [0, 0.05) is 44.7 Å². The van der Waals surface area contributed by atoms with Crippen LogP contribution in [0.3, 0.4) is 0 Å². The molecule has 1 aliphatic heterocycles. The number of benzene rings is 2. The number of carbonyl (C=O) groups excluding carboxylic acids is 2. The average molecular weight is 422 g/mol. The molecule has 0 spiro atoms. The number of rotatable bonds is 5. The lowest BCUT2D eigenvalue weighted by molar-refractivity contribution is -0.132. The van der Waals surface area contributed by atoms with E-state index in [-0.39, 0.29) is 23.2 Å². The summed E-state index contributed by atoms with van der Waals surface area (Å²) in [6, 6.07) is 12.7. The van der Waals surface area contributed by atoms with Crippen LogP contribution in [-0.4, -0.2) is 57.3 Å². The third-order valence-corrected chi connectivity index (χ3v) is 5.53. The van der Waals surface area contributed by atoms with Gasteiger partial charge in [-0.2, -0.15) is 0 Å². The van der Waals surface area contributed by atoms with E-state index in [0.29, 0.717) is 62.0 Å². The van der Waals surface area contributed by atoms with Gasteiger partial charge >= 0.3 is 0 Å². The molecule has 31 heavy (non-hydrogen) atoms. The monoisotopic (exact) mass is 422 g/mol. The molecular formula is C23H23FN4O3. The number of para-hydroxylation sites is 1. The second-order valence-corrected chi connectivity index (χ2v) is 7.54. The smallest absolute Gasteiger partial charge is 0.261 e. The molecule has 0 aliphatic carbocycles. The lowest BCUT2D eigenvalue weighted by atomic mass is 10.1. The normalized spacial score (nSPS) is 14.1. The standard InChI is InChI=1S/C23H23FN4O3/c24-18-9-7-17(8-10-18)22(30)27-14-12-26(13-15-27)21(29)6-3-11-28-16-25-20-5-2-1-4-19(20)23(28)31/h1-2,4-5,7-10,16H,3,6,11-15H2. The first-order chi connectivity index (χ1) is 15.0. The van der Waals surface area contributed by atoms with Crippen molar-refractivity contribution in [3.63, 3.8) is 0 Å². The molecule has 0 N–H and O–H groups in total. The van der Waals surface area contributed by atoms with Crippen LogP contribution in [0, 0.1) is 5.82 Å². The number of carbonyl (C=O) groups is 2. The molecule has 2 amide bonds. The number of piperazine rings is 1. The Hall–Kier alpha value is -3.55. The van der Waals surface area contributed by atoms with Crippen molar-refractivity contribution < 1.29 is 14.0 Å². The molecule has 1 aliphatic rings. The van der Waals surface area contributed by atoms with Gasteiger partial charge in [-0.05, 0) is 42.8 Å². The van der Waals surface area contributed by atoms with Crippen LogP contribution in [-0.2, 0) is 11.3 Å². The zero-order valence-corrected chi connectivity index (χ0v) is 17.0. The largest absolute Gasteiger partial charge is 0.339 e. The Morgan fingerprint density at radius 1 is 0.935 bits per heavy atom. The van der Waals surface area contributed by atoms with Crippen molar-refractivity contribution in [1.82, 2.24) is 19.4 Å². The van der Waals surface area contributed by atoms with E-state index in [2.05, 4.69) is 4.98 Å². The van der Waals surface area contributed by atoms with Gasteiger partial charge in [0.1, 0.15) is 5.82 Å². The number of fused-ring (bicyclic) bond motifs is 1. The van der Waals surface area contributed by atoms with E-state index in [1.165, 1.54) is 35.2 Å². The van der Waals surface area contributed by atoms with Gasteiger partial charge in [0.15, 0.2) is 0 Å². The van der Waals surface area contributed by atoms with E-state index in [1.54, 1.807) is 28.0 Å². The Morgan fingerprint density at radius 3 is 2.35 bits per heavy atom. The lowest BCUT2D eigenvalue weighted by Crippen LogP contribution is -2.50. The maximum absolute atomic E-state index is 13.0. The van der Waals surface area contributed by atoms with Crippen LogP contribution in [0.4, 0.5) is 4.39 Å². The van der Waals surface area contributed by atoms with E-state index in [0.717, 1.165) is 0 Å². The van der Waals surface area contributed by atoms with Gasteiger partial charge < -0.3 is 9.80 Å². The highest BCUT2D eigenvalue weighted by Crippen LogP contribution is 2.12. The van der Waals surface area contributed by atoms with Gasteiger partial charge in [-0.15, -0.1) is 0 Å². The van der Waals surface area contributed by atoms with Crippen LogP contribution in [0.2, 0.25) is 0 Å². The Bertz CT molecular complexity index is 1150. The van der Waals surface area contributed by atoms with Crippen molar-refractivity contribution in [3.05, 3.63) is 76.6 Å². The van der Waals surface area contributed by atoms with E-state index in [4.69, 9.17) is 0 Å². The fourth-order valence-electron chi connectivity index (χ4n) is 3.76. The number of hydrogen-bond acceptors (Lipinski definition) is 4. The molecule has 8 heteroatoms. The number of amides is 2. The molecule has 0 atom stereocenters. The molecule has 4 rings (SSSR count). The summed E-state index contributed by atoms with van der Waals surface area (Å²) < 4.78 is 14.6. The van der Waals surface area contributed by atoms with Crippen LogP contribution in [0.5, 0.6) is 0 Å². The third kappa shape index (κ3) is 4.63. The first-order valence-corrected chi connectivity index (χ1v) is 10.3. The fourth-order valence-corrected chi connectivity index (χ4v) is 3.76. The van der Waals surface area contributed by atoms with E-state index in [1.807, 2.05) is 6.07 Å². The molecule has 0 radical (unpaired) electrons. The predicted molar refractivity (Wildman–Crippen MR) is 114 cm³/mol. The number of aromatic nitrogens is 2. The van der Waals surface area contributed by atoms with Gasteiger partial charge in [-0.1, -0.05) is 12.1 Å². The SMILES string of the molecule is O=C(CCCn1cnc2ccccc2c1=O)N1CCN(C(=O)c2ccc(F)cc2)CC1. The van der Waals surface area contributed by atoms with E-state index < -0.39 is 0 Å². The Balaban J connectivity index is 1.27. The summed E-state index contributed by atoms with van der Waals surface area (Å²) in [5.41, 5.74) is 0.995. The van der Waals surface area contributed by atoms with Gasteiger partial charge in [0.25, 0.3) is 11.5 Å². The molecule has 1 aromatic heterocycles. The first-order valence-electron chi connectivity index (χ1n) is 10.3. The maximum Gasteiger partial charge on any atom is 0.261 e. The summed E-state index contributed by atoms with van der Waals surface area (Å²) in [5, 5.41) is 0.568. The minimum Gasteiger partial charge on any atom is -0.339 e. The Morgan fingerprint density at radius 2 is 1.61 bits per heavy atom. The highest BCUT2D eigenvalue weighted by atomic mass is 19.1. The molecular weight excluding hydrogens is 399 g/mol. The molecule has 0 bridgehead atoms. The molecule has 160 valence electrons. The topological polar surface area (TPSA) is 75.5 Å². The van der Waals surface area contributed by atoms with Crippen LogP contribution in [0.25, 0.3) is 10.9 Å². The number of hydrogen-bond donors (Lipinski definition) is 0. The predicted octanol–water partition coefficient (Wildman–Crippen LogP) is 2.30. The minimum absolute atomic E-state index is 0.00989. The highest BCUT2D eigenvalue weighted by Gasteiger charge is 2.24. The molecule has 3 aromatic rings. The quantitative estimate of drug-likeness (QED) is 0.632. The summed E-state index contributed by atoms with van der Waals surface area (Å²) in [5.74, 6) is -0.528. The molecule has 0 saturated carbocycles. The third-order valence-electron chi connectivity index (χ3n) is 5.53. The molecule has 2 aromatic carbocycles. The second-order valence-electron chi connectivity index (χ2n) is 7.54. The average Bonchev–Trinajstić information content (AvgIpc) is 2.81. The second kappa shape index (κ2) is 9.07. The van der Waals surface area contributed by atoms with Crippen molar-refractivity contribution in [1.29, 1.82) is 0 Å². The summed E-state index contributed by atoms with van der Waals surface area (Å²) >= 11 is 0. The molecule has 2 heterocycles. The summed E-state index contributed by atoms with van der Waals surface area (Å²) in [4.78, 5) is 45.3. The van der Waals surface area contributed by atoms with E-state index in [9.17, 15) is 18.8 Å². The number of nitrogens with zero attached hydrogens (tertiary/aromatic N) is 4. The van der Waals surface area contributed by atoms with Gasteiger partial charge in [-0.25, -0.2) is 9.37 Å². The Labute approximate surface area is 178 Å². The van der Waals surface area contributed by atoms with Gasteiger partial charge in [0.2, 0.25) is 5.91 Å². The molecule has 7 nitrogen and oxygen atoms in total. The zero-order chi connectivity index (χ0) is 21.8. The van der Waals surface area contributed by atoms with Crippen molar-refractivity contribution in [2.75, 3.05) is 26.2 Å². The summed E-state index contributed by atoms with van der Waals surface area (Å²) in [6.45, 7) is 2.23. The van der Waals surface area contributed by atoms with Crippen molar-refractivity contribution in [2.45, 2.75) is 19.4 Å². The fraction of sp³-hybridized carbons (Fsp3) is 0.304. The Kier molecular flexibility index (Phi) is 6.06. The van der Waals surface area contributed by atoms with Gasteiger partial charge in [0.05, 0.1) is 17.2 Å². The van der Waals surface area contributed by atoms with Crippen molar-refractivity contribution in [2.24, 2.45) is 0 Å². The summed E-state index contributed by atoms with van der Waals surface area (Å²) in [6.07, 6.45) is 2.38. The van der Waals surface area contributed by atoms with Crippen molar-refractivity contribution in [3.8, 4) is 0 Å². The first kappa shape index (κ1) is 20.7. The zero-order valence-electron chi connectivity index (χ0n) is 17.0. The van der Waals surface area contributed by atoms with Crippen LogP contribution in [0.15, 0.2) is 59.7 Å². The maximum atomic E-state index is 13.0. The van der Waals surface area contributed by atoms with Crippen LogP contribution >= 0.6 is 0 Å². The van der Waals surface area contributed by atoms with Crippen LogP contribution < -0.4 is 5.56 Å². The highest BCUT2D eigenvalue weighted by molar-refractivity contribution is 5.94. The minimum atomic E-state index is -0.381. The van der Waals surface area contributed by atoms with Crippen molar-refractivity contribution >= 4 is 22.7 Å². The summed E-state index contributed by atoms with van der Waals surface area (Å²) in [7, 11) is 0. The van der Waals surface area contributed by atoms with Gasteiger partial charge in [-0.3, -0.25) is 19.0 Å². The van der Waals surface area contributed by atoms with Crippen LogP contribution in [0.1, 0.15) is 23.2 Å². The number of halogens is 1.